The Bertz CT molecular complexity index is 559. The Hall–Kier alpha value is -1.75. The maximum atomic E-state index is 13.5. The second kappa shape index (κ2) is 3.43. The normalized spacial score (nSPS) is 10.5. The maximum Gasteiger partial charge on any atom is 0.293 e. The highest BCUT2D eigenvalue weighted by Gasteiger charge is 2.19. The van der Waals surface area contributed by atoms with Crippen molar-refractivity contribution in [3.63, 3.8) is 0 Å². The molecule has 0 amide bonds. The van der Waals surface area contributed by atoms with Crippen molar-refractivity contribution in [1.82, 2.24) is 4.98 Å². The molecule has 0 aliphatic carbocycles. The fourth-order valence-corrected chi connectivity index (χ4v) is 1.50. The first-order chi connectivity index (χ1) is 7.11. The summed E-state index contributed by atoms with van der Waals surface area (Å²) >= 11 is 5.52. The summed E-state index contributed by atoms with van der Waals surface area (Å²) in [5.74, 6) is -0.811. The second-order valence-corrected chi connectivity index (χ2v) is 3.23. The van der Waals surface area contributed by atoms with E-state index in [1.807, 2.05) is 0 Å². The average Bonchev–Trinajstić information content (AvgIpc) is 2.23. The van der Waals surface area contributed by atoms with Gasteiger partial charge in [-0.1, -0.05) is 11.6 Å². The standard InChI is InChI=1S/C9H4ClFN2O2/c10-8-7(13(14)15)4-6-5(9(8)11)2-1-3-12-6/h1-4H. The molecule has 0 bridgehead atoms. The van der Waals surface area contributed by atoms with E-state index in [4.69, 9.17) is 11.6 Å². The lowest BCUT2D eigenvalue weighted by Gasteiger charge is -2.01. The van der Waals surface area contributed by atoms with Gasteiger partial charge in [0.1, 0.15) is 0 Å². The lowest BCUT2D eigenvalue weighted by molar-refractivity contribution is -0.384. The molecule has 6 heteroatoms. The Kier molecular flexibility index (Phi) is 2.24. The molecule has 4 nitrogen and oxygen atoms in total. The highest BCUT2D eigenvalue weighted by atomic mass is 35.5. The van der Waals surface area contributed by atoms with Crippen molar-refractivity contribution < 1.29 is 9.31 Å². The Morgan fingerprint density at radius 2 is 2.27 bits per heavy atom. The summed E-state index contributed by atoms with van der Waals surface area (Å²) in [5, 5.41) is 10.2. The molecule has 76 valence electrons. The van der Waals surface area contributed by atoms with Crippen molar-refractivity contribution in [2.75, 3.05) is 0 Å². The molecule has 1 aromatic carbocycles. The van der Waals surface area contributed by atoms with Gasteiger partial charge in [-0.15, -0.1) is 0 Å². The van der Waals surface area contributed by atoms with Crippen molar-refractivity contribution in [3.8, 4) is 0 Å². The predicted octanol–water partition coefficient (Wildman–Crippen LogP) is 2.94. The number of nitro groups is 1. The van der Waals surface area contributed by atoms with E-state index in [1.165, 1.54) is 18.3 Å². The topological polar surface area (TPSA) is 56.0 Å². The van der Waals surface area contributed by atoms with Crippen LogP contribution in [0.1, 0.15) is 0 Å². The minimum absolute atomic E-state index is 0.174. The quantitative estimate of drug-likeness (QED) is 0.555. The van der Waals surface area contributed by atoms with Gasteiger partial charge in [0.15, 0.2) is 10.8 Å². The van der Waals surface area contributed by atoms with E-state index >= 15 is 0 Å². The number of hydrogen-bond donors (Lipinski definition) is 0. The Morgan fingerprint density at radius 3 is 2.93 bits per heavy atom. The van der Waals surface area contributed by atoms with E-state index in [2.05, 4.69) is 4.98 Å². The van der Waals surface area contributed by atoms with Gasteiger partial charge in [0.25, 0.3) is 5.69 Å². The van der Waals surface area contributed by atoms with Crippen molar-refractivity contribution >= 4 is 28.2 Å². The summed E-state index contributed by atoms with van der Waals surface area (Å²) < 4.78 is 13.5. The van der Waals surface area contributed by atoms with Gasteiger partial charge in [-0.3, -0.25) is 15.1 Å². The predicted molar refractivity (Wildman–Crippen MR) is 53.4 cm³/mol. The van der Waals surface area contributed by atoms with Crippen LogP contribution in [0.5, 0.6) is 0 Å². The van der Waals surface area contributed by atoms with Crippen LogP contribution in [0.15, 0.2) is 24.4 Å². The zero-order chi connectivity index (χ0) is 11.0. The summed E-state index contributed by atoms with van der Waals surface area (Å²) in [6.07, 6.45) is 1.43. The average molecular weight is 227 g/mol. The van der Waals surface area contributed by atoms with Crippen LogP contribution in [0.3, 0.4) is 0 Å². The molecule has 1 heterocycles. The van der Waals surface area contributed by atoms with Crippen LogP contribution < -0.4 is 0 Å². The molecule has 0 radical (unpaired) electrons. The van der Waals surface area contributed by atoms with Gasteiger partial charge in [-0.2, -0.15) is 0 Å². The maximum absolute atomic E-state index is 13.5. The van der Waals surface area contributed by atoms with E-state index in [-0.39, 0.29) is 10.9 Å². The number of aromatic nitrogens is 1. The first-order valence-electron chi connectivity index (χ1n) is 3.98. The summed E-state index contributed by atoms with van der Waals surface area (Å²) in [4.78, 5) is 13.6. The molecule has 0 unspecified atom stereocenters. The molecule has 0 atom stereocenters. The fourth-order valence-electron chi connectivity index (χ4n) is 1.27. The molecule has 2 aromatic rings. The lowest BCUT2D eigenvalue weighted by atomic mass is 10.2. The molecule has 0 saturated heterocycles. The number of rotatable bonds is 1. The number of hydrogen-bond acceptors (Lipinski definition) is 3. The first-order valence-corrected chi connectivity index (χ1v) is 4.36. The van der Waals surface area contributed by atoms with Gasteiger partial charge >= 0.3 is 0 Å². The highest BCUT2D eigenvalue weighted by molar-refractivity contribution is 6.33. The number of fused-ring (bicyclic) bond motifs is 1. The summed E-state index contributed by atoms with van der Waals surface area (Å²) in [6.45, 7) is 0. The van der Waals surface area contributed by atoms with Crippen LogP contribution in [0.25, 0.3) is 10.9 Å². The molecule has 1 aromatic heterocycles. The fraction of sp³-hybridized carbons (Fsp3) is 0. The molecule has 2 rings (SSSR count). The summed E-state index contributed by atoms with van der Waals surface area (Å²) in [5.41, 5.74) is -0.258. The van der Waals surface area contributed by atoms with E-state index in [0.717, 1.165) is 6.07 Å². The third-order valence-electron chi connectivity index (χ3n) is 1.96. The molecule has 15 heavy (non-hydrogen) atoms. The zero-order valence-corrected chi connectivity index (χ0v) is 8.03. The zero-order valence-electron chi connectivity index (χ0n) is 7.28. The molecule has 0 spiro atoms. The van der Waals surface area contributed by atoms with Crippen molar-refractivity contribution in [2.45, 2.75) is 0 Å². The molecule has 0 aliphatic rings. The smallest absolute Gasteiger partial charge is 0.258 e. The Labute approximate surface area is 88.5 Å². The number of benzene rings is 1. The van der Waals surface area contributed by atoms with Crippen molar-refractivity contribution in [1.29, 1.82) is 0 Å². The highest BCUT2D eigenvalue weighted by Crippen LogP contribution is 2.32. The van der Waals surface area contributed by atoms with E-state index < -0.39 is 21.5 Å². The van der Waals surface area contributed by atoms with Gasteiger partial charge in [0.05, 0.1) is 10.4 Å². The van der Waals surface area contributed by atoms with Crippen molar-refractivity contribution in [3.05, 3.63) is 45.4 Å². The van der Waals surface area contributed by atoms with Crippen LogP contribution in [-0.2, 0) is 0 Å². The monoisotopic (exact) mass is 226 g/mol. The Morgan fingerprint density at radius 1 is 1.53 bits per heavy atom. The van der Waals surface area contributed by atoms with Crippen LogP contribution in [-0.4, -0.2) is 9.91 Å². The second-order valence-electron chi connectivity index (χ2n) is 2.85. The minimum Gasteiger partial charge on any atom is -0.258 e. The Balaban J connectivity index is 2.88. The van der Waals surface area contributed by atoms with Gasteiger partial charge in [0, 0.05) is 17.6 Å². The number of halogens is 2. The summed E-state index contributed by atoms with van der Waals surface area (Å²) in [7, 11) is 0. The lowest BCUT2D eigenvalue weighted by Crippen LogP contribution is -1.93. The van der Waals surface area contributed by atoms with Gasteiger partial charge in [0.2, 0.25) is 0 Å². The molecular formula is C9H4ClFN2O2. The van der Waals surface area contributed by atoms with Gasteiger partial charge < -0.3 is 0 Å². The van der Waals surface area contributed by atoms with E-state index in [1.54, 1.807) is 0 Å². The molecule has 0 saturated carbocycles. The number of pyridine rings is 1. The van der Waals surface area contributed by atoms with Gasteiger partial charge in [-0.25, -0.2) is 4.39 Å². The van der Waals surface area contributed by atoms with Crippen LogP contribution in [0, 0.1) is 15.9 Å². The molecular weight excluding hydrogens is 223 g/mol. The first kappa shape index (κ1) is 9.79. The van der Waals surface area contributed by atoms with Gasteiger partial charge in [-0.05, 0) is 12.1 Å². The van der Waals surface area contributed by atoms with E-state index in [0.29, 0.717) is 0 Å². The molecule has 0 N–H and O–H groups in total. The van der Waals surface area contributed by atoms with Crippen LogP contribution in [0.4, 0.5) is 10.1 Å². The number of nitro benzene ring substituents is 1. The minimum atomic E-state index is -0.811. The summed E-state index contributed by atoms with van der Waals surface area (Å²) in [6, 6.07) is 4.15. The largest absolute Gasteiger partial charge is 0.293 e. The third kappa shape index (κ3) is 1.50. The van der Waals surface area contributed by atoms with Crippen molar-refractivity contribution in [2.24, 2.45) is 0 Å². The van der Waals surface area contributed by atoms with Crippen LogP contribution in [0.2, 0.25) is 5.02 Å². The molecule has 0 fully saturated rings. The third-order valence-corrected chi connectivity index (χ3v) is 2.32. The SMILES string of the molecule is O=[N+]([O-])c1cc2ncccc2c(F)c1Cl. The van der Waals surface area contributed by atoms with Crippen LogP contribution >= 0.6 is 11.6 Å². The van der Waals surface area contributed by atoms with E-state index in [9.17, 15) is 14.5 Å². The number of nitrogens with zero attached hydrogens (tertiary/aromatic N) is 2. The molecule has 0 aliphatic heterocycles.